The van der Waals surface area contributed by atoms with Gasteiger partial charge in [0.1, 0.15) is 5.60 Å². The number of carbonyl (C=O) groups is 1. The first-order valence-corrected chi connectivity index (χ1v) is 8.66. The van der Waals surface area contributed by atoms with Crippen molar-refractivity contribution in [3.8, 4) is 0 Å². The smallest absolute Gasteiger partial charge is 0.410 e. The number of rotatable bonds is 4. The molecule has 0 spiro atoms. The van der Waals surface area contributed by atoms with Crippen LogP contribution in [-0.4, -0.2) is 34.6 Å². The molecule has 1 unspecified atom stereocenters. The standard InChI is InChI=1S/C17H27N3O2S/c1-7-23-15(18)19-14-10-8-9-13(11-14)12(2)20(6)16(21)22-17(3,4)5/h8-12H,7H2,1-6H3,(H2,18,19). The Labute approximate surface area is 143 Å². The molecule has 0 saturated heterocycles. The molecule has 0 aliphatic rings. The van der Waals surface area contributed by atoms with E-state index in [0.29, 0.717) is 5.17 Å². The van der Waals surface area contributed by atoms with Crippen LogP contribution < -0.4 is 5.32 Å². The second-order valence-corrected chi connectivity index (χ2v) is 7.55. The quantitative estimate of drug-likeness (QED) is 0.616. The van der Waals surface area contributed by atoms with Gasteiger partial charge in [0.25, 0.3) is 0 Å². The lowest BCUT2D eigenvalue weighted by Crippen LogP contribution is -2.35. The fourth-order valence-corrected chi connectivity index (χ4v) is 2.38. The summed E-state index contributed by atoms with van der Waals surface area (Å²) in [7, 11) is 1.73. The van der Waals surface area contributed by atoms with Crippen molar-refractivity contribution in [1.29, 1.82) is 5.41 Å². The van der Waals surface area contributed by atoms with Crippen LogP contribution in [0.1, 0.15) is 46.2 Å². The summed E-state index contributed by atoms with van der Waals surface area (Å²) in [6.07, 6.45) is -0.349. The minimum absolute atomic E-state index is 0.125. The Balaban J connectivity index is 2.81. The summed E-state index contributed by atoms with van der Waals surface area (Å²) in [6, 6.07) is 7.62. The third kappa shape index (κ3) is 6.52. The normalized spacial score (nSPS) is 12.4. The van der Waals surface area contributed by atoms with Gasteiger partial charge in [-0.1, -0.05) is 30.8 Å². The van der Waals surface area contributed by atoms with E-state index < -0.39 is 5.60 Å². The highest BCUT2D eigenvalue weighted by Gasteiger charge is 2.23. The minimum Gasteiger partial charge on any atom is -0.444 e. The number of thioether (sulfide) groups is 1. The van der Waals surface area contributed by atoms with Gasteiger partial charge in [-0.05, 0) is 51.1 Å². The molecule has 1 amide bonds. The van der Waals surface area contributed by atoms with Crippen molar-refractivity contribution in [3.63, 3.8) is 0 Å². The van der Waals surface area contributed by atoms with Crippen molar-refractivity contribution in [2.45, 2.75) is 46.3 Å². The fourth-order valence-electron chi connectivity index (χ4n) is 1.90. The topological polar surface area (TPSA) is 65.4 Å². The van der Waals surface area contributed by atoms with Gasteiger partial charge in [-0.15, -0.1) is 0 Å². The SMILES string of the molecule is CCSC(=N)Nc1cccc(C(C)N(C)C(=O)OC(C)(C)C)c1. The summed E-state index contributed by atoms with van der Waals surface area (Å²) in [6.45, 7) is 9.52. The van der Waals surface area contributed by atoms with E-state index in [1.54, 1.807) is 11.9 Å². The van der Waals surface area contributed by atoms with Crippen molar-refractivity contribution in [2.75, 3.05) is 18.1 Å². The van der Waals surface area contributed by atoms with Crippen LogP contribution in [-0.2, 0) is 4.74 Å². The van der Waals surface area contributed by atoms with Crippen molar-refractivity contribution in [2.24, 2.45) is 0 Å². The van der Waals surface area contributed by atoms with Crippen LogP contribution in [0.2, 0.25) is 0 Å². The summed E-state index contributed by atoms with van der Waals surface area (Å²) < 4.78 is 5.40. The molecule has 2 N–H and O–H groups in total. The van der Waals surface area contributed by atoms with E-state index in [4.69, 9.17) is 10.1 Å². The van der Waals surface area contributed by atoms with E-state index in [1.165, 1.54) is 11.8 Å². The van der Waals surface area contributed by atoms with Gasteiger partial charge in [0, 0.05) is 12.7 Å². The molecule has 1 aromatic carbocycles. The largest absolute Gasteiger partial charge is 0.444 e. The van der Waals surface area contributed by atoms with Crippen LogP contribution in [0.3, 0.4) is 0 Å². The number of anilines is 1. The highest BCUT2D eigenvalue weighted by atomic mass is 32.2. The van der Waals surface area contributed by atoms with Crippen LogP contribution in [0.25, 0.3) is 0 Å². The Morgan fingerprint density at radius 2 is 2.09 bits per heavy atom. The number of hydrogen-bond acceptors (Lipinski definition) is 4. The zero-order chi connectivity index (χ0) is 17.6. The average Bonchev–Trinajstić information content (AvgIpc) is 2.44. The Morgan fingerprint density at radius 1 is 1.43 bits per heavy atom. The highest BCUT2D eigenvalue weighted by Crippen LogP contribution is 2.24. The molecule has 0 fully saturated rings. The zero-order valence-corrected chi connectivity index (χ0v) is 15.6. The number of amidine groups is 1. The van der Waals surface area contributed by atoms with Gasteiger partial charge >= 0.3 is 6.09 Å². The molecule has 1 aromatic rings. The Morgan fingerprint density at radius 3 is 2.65 bits per heavy atom. The van der Waals surface area contributed by atoms with E-state index in [1.807, 2.05) is 58.9 Å². The first-order chi connectivity index (χ1) is 10.6. The summed E-state index contributed by atoms with van der Waals surface area (Å²) in [5.41, 5.74) is 1.32. The molecule has 23 heavy (non-hydrogen) atoms. The number of nitrogens with one attached hydrogen (secondary N) is 2. The number of ether oxygens (including phenoxy) is 1. The number of carbonyl (C=O) groups excluding carboxylic acids is 1. The van der Waals surface area contributed by atoms with Gasteiger partial charge in [0.15, 0.2) is 5.17 Å². The summed E-state index contributed by atoms with van der Waals surface area (Å²) in [4.78, 5) is 13.8. The highest BCUT2D eigenvalue weighted by molar-refractivity contribution is 8.14. The second kappa shape index (κ2) is 8.24. The molecule has 5 nitrogen and oxygen atoms in total. The number of amides is 1. The minimum atomic E-state index is -0.513. The molecule has 128 valence electrons. The molecule has 0 heterocycles. The third-order valence-electron chi connectivity index (χ3n) is 3.18. The van der Waals surface area contributed by atoms with Crippen LogP contribution in [0.15, 0.2) is 24.3 Å². The van der Waals surface area contributed by atoms with E-state index in [0.717, 1.165) is 17.0 Å². The van der Waals surface area contributed by atoms with Gasteiger partial charge in [-0.25, -0.2) is 4.79 Å². The zero-order valence-electron chi connectivity index (χ0n) is 14.8. The van der Waals surface area contributed by atoms with Crippen molar-refractivity contribution >= 4 is 28.7 Å². The third-order valence-corrected chi connectivity index (χ3v) is 3.86. The van der Waals surface area contributed by atoms with Crippen molar-refractivity contribution in [1.82, 2.24) is 4.90 Å². The van der Waals surface area contributed by atoms with E-state index in [2.05, 4.69) is 5.32 Å². The fraction of sp³-hybridized carbons (Fsp3) is 0.529. The van der Waals surface area contributed by atoms with Crippen LogP contribution in [0, 0.1) is 5.41 Å². The molecule has 1 rings (SSSR count). The molecule has 1 atom stereocenters. The second-order valence-electron chi connectivity index (χ2n) is 6.28. The number of nitrogens with zero attached hydrogens (tertiary/aromatic N) is 1. The van der Waals surface area contributed by atoms with Gasteiger partial charge in [-0.2, -0.15) is 0 Å². The van der Waals surface area contributed by atoms with Crippen LogP contribution >= 0.6 is 11.8 Å². The molecule has 6 heteroatoms. The molecule has 0 saturated carbocycles. The van der Waals surface area contributed by atoms with Crippen molar-refractivity contribution < 1.29 is 9.53 Å². The van der Waals surface area contributed by atoms with Gasteiger partial charge in [0.2, 0.25) is 0 Å². The van der Waals surface area contributed by atoms with E-state index in [9.17, 15) is 4.79 Å². The Hall–Kier alpha value is -1.69. The maximum atomic E-state index is 12.2. The predicted octanol–water partition coefficient (Wildman–Crippen LogP) is 4.71. The van der Waals surface area contributed by atoms with E-state index >= 15 is 0 Å². The Bertz CT molecular complexity index is 555. The lowest BCUT2D eigenvalue weighted by Gasteiger charge is -2.29. The van der Waals surface area contributed by atoms with Crippen LogP contribution in [0.5, 0.6) is 0 Å². The maximum Gasteiger partial charge on any atom is 0.410 e. The molecule has 0 bridgehead atoms. The lowest BCUT2D eigenvalue weighted by atomic mass is 10.1. The summed E-state index contributed by atoms with van der Waals surface area (Å²) in [5.74, 6) is 0.851. The number of hydrogen-bond donors (Lipinski definition) is 2. The van der Waals surface area contributed by atoms with Gasteiger partial charge < -0.3 is 15.0 Å². The van der Waals surface area contributed by atoms with Gasteiger partial charge in [-0.3, -0.25) is 5.41 Å². The van der Waals surface area contributed by atoms with Crippen molar-refractivity contribution in [3.05, 3.63) is 29.8 Å². The molecule has 0 aliphatic carbocycles. The van der Waals surface area contributed by atoms with Gasteiger partial charge in [0.05, 0.1) is 6.04 Å². The predicted molar refractivity (Wildman–Crippen MR) is 98.3 cm³/mol. The maximum absolute atomic E-state index is 12.2. The molecular formula is C17H27N3O2S. The molecule has 0 radical (unpaired) electrons. The lowest BCUT2D eigenvalue weighted by molar-refractivity contribution is 0.0234. The average molecular weight is 337 g/mol. The molecule has 0 aliphatic heterocycles. The first-order valence-electron chi connectivity index (χ1n) is 7.68. The Kier molecular flexibility index (Phi) is 6.94. The number of benzene rings is 1. The van der Waals surface area contributed by atoms with E-state index in [-0.39, 0.29) is 12.1 Å². The molecule has 0 aromatic heterocycles. The molecular weight excluding hydrogens is 310 g/mol. The summed E-state index contributed by atoms with van der Waals surface area (Å²) >= 11 is 1.45. The summed E-state index contributed by atoms with van der Waals surface area (Å²) in [5, 5.41) is 11.3. The first kappa shape index (κ1) is 19.4. The monoisotopic (exact) mass is 337 g/mol. The van der Waals surface area contributed by atoms with Crippen LogP contribution in [0.4, 0.5) is 10.5 Å².